The molecule has 1 aliphatic rings. The van der Waals surface area contributed by atoms with Crippen LogP contribution in [0, 0.1) is 5.92 Å². The number of carboxylic acid groups (broad SMARTS) is 1. The Kier molecular flexibility index (Phi) is 5.39. The van der Waals surface area contributed by atoms with Crippen molar-refractivity contribution in [2.24, 2.45) is 5.92 Å². The molecule has 3 rings (SSSR count). The van der Waals surface area contributed by atoms with Gasteiger partial charge in [0.1, 0.15) is 5.60 Å². The Hall–Kier alpha value is -2.89. The lowest BCUT2D eigenvalue weighted by molar-refractivity contribution is -0.153. The number of carboxylic acids is 1. The number of hydrogen-bond donors (Lipinski definition) is 1. The predicted octanol–water partition coefficient (Wildman–Crippen LogP) is 4.40. The Balaban J connectivity index is 1.92. The molecule has 1 aliphatic heterocycles. The quantitative estimate of drug-likeness (QED) is 0.827. The van der Waals surface area contributed by atoms with Gasteiger partial charge in [0.15, 0.2) is 5.54 Å². The molecule has 1 saturated heterocycles. The first kappa shape index (κ1) is 20.8. The van der Waals surface area contributed by atoms with Crippen molar-refractivity contribution in [3.63, 3.8) is 0 Å². The van der Waals surface area contributed by atoms with E-state index in [1.165, 1.54) is 0 Å². The van der Waals surface area contributed by atoms with Gasteiger partial charge in [-0.15, -0.1) is 0 Å². The van der Waals surface area contributed by atoms with E-state index in [0.29, 0.717) is 6.42 Å². The topological polar surface area (TPSA) is 83.9 Å². The van der Waals surface area contributed by atoms with Crippen LogP contribution in [-0.2, 0) is 20.7 Å². The molecule has 2 aromatic carbocycles. The number of imide groups is 1. The van der Waals surface area contributed by atoms with Crippen LogP contribution in [-0.4, -0.2) is 39.1 Å². The summed E-state index contributed by atoms with van der Waals surface area (Å²) in [5.74, 6) is -2.27. The molecule has 2 aromatic rings. The van der Waals surface area contributed by atoms with Crippen LogP contribution in [0.25, 0.3) is 10.8 Å². The number of carbonyl (C=O) groups excluding carboxylic acids is 2. The van der Waals surface area contributed by atoms with Gasteiger partial charge in [-0.3, -0.25) is 4.79 Å². The standard InChI is InChI=1S/C23H27NO5/c1-5-23(20(26)27)14-18(19(25)24(23)21(28)29-22(2,3)4)13-15-10-11-16-8-6-7-9-17(16)12-15/h6-12,18H,5,13-14H2,1-4H3,(H,26,27)/t18-,23-/m0/s1. The third-order valence-corrected chi connectivity index (χ3v) is 5.44. The fourth-order valence-electron chi connectivity index (χ4n) is 4.00. The molecule has 0 radical (unpaired) electrons. The summed E-state index contributed by atoms with van der Waals surface area (Å²) >= 11 is 0. The number of fused-ring (bicyclic) bond motifs is 1. The van der Waals surface area contributed by atoms with Crippen LogP contribution >= 0.6 is 0 Å². The van der Waals surface area contributed by atoms with E-state index in [1.54, 1.807) is 27.7 Å². The third-order valence-electron chi connectivity index (χ3n) is 5.44. The van der Waals surface area contributed by atoms with Gasteiger partial charge in [0.2, 0.25) is 5.91 Å². The summed E-state index contributed by atoms with van der Waals surface area (Å²) in [6.45, 7) is 6.74. The number of rotatable bonds is 4. The summed E-state index contributed by atoms with van der Waals surface area (Å²) in [7, 11) is 0. The van der Waals surface area contributed by atoms with E-state index in [4.69, 9.17) is 4.74 Å². The number of benzene rings is 2. The monoisotopic (exact) mass is 397 g/mol. The molecule has 0 bridgehead atoms. The first-order valence-electron chi connectivity index (χ1n) is 9.85. The van der Waals surface area contributed by atoms with Crippen LogP contribution in [0.2, 0.25) is 0 Å². The van der Waals surface area contributed by atoms with Crippen LogP contribution in [0.4, 0.5) is 4.79 Å². The Bertz CT molecular complexity index is 961. The largest absolute Gasteiger partial charge is 0.479 e. The lowest BCUT2D eigenvalue weighted by atomic mass is 9.86. The zero-order valence-electron chi connectivity index (χ0n) is 17.3. The minimum Gasteiger partial charge on any atom is -0.479 e. The SMILES string of the molecule is CC[C@@]1(C(=O)O)C[C@H](Cc2ccc3ccccc3c2)C(=O)N1C(=O)OC(C)(C)C. The molecule has 1 fully saturated rings. The molecule has 6 nitrogen and oxygen atoms in total. The number of ether oxygens (including phenoxy) is 1. The average Bonchev–Trinajstić information content (AvgIpc) is 2.93. The number of nitrogens with zero attached hydrogens (tertiary/aromatic N) is 1. The number of amides is 2. The summed E-state index contributed by atoms with van der Waals surface area (Å²) in [5.41, 5.74) is -1.48. The number of carbonyl (C=O) groups is 3. The van der Waals surface area contributed by atoms with E-state index < -0.39 is 35.0 Å². The van der Waals surface area contributed by atoms with E-state index >= 15 is 0 Å². The minimum absolute atomic E-state index is 0.0732. The highest BCUT2D eigenvalue weighted by atomic mass is 16.6. The highest BCUT2D eigenvalue weighted by molar-refractivity contribution is 6.02. The Morgan fingerprint density at radius 3 is 2.41 bits per heavy atom. The van der Waals surface area contributed by atoms with Crippen LogP contribution < -0.4 is 0 Å². The van der Waals surface area contributed by atoms with Gasteiger partial charge >= 0.3 is 12.1 Å². The fraction of sp³-hybridized carbons (Fsp3) is 0.435. The van der Waals surface area contributed by atoms with Crippen molar-refractivity contribution in [2.75, 3.05) is 0 Å². The van der Waals surface area contributed by atoms with Crippen LogP contribution in [0.5, 0.6) is 0 Å². The zero-order valence-corrected chi connectivity index (χ0v) is 17.3. The molecule has 154 valence electrons. The van der Waals surface area contributed by atoms with Gasteiger partial charge < -0.3 is 9.84 Å². The molecule has 0 spiro atoms. The first-order valence-corrected chi connectivity index (χ1v) is 9.85. The van der Waals surface area contributed by atoms with Gasteiger partial charge in [-0.25, -0.2) is 14.5 Å². The third kappa shape index (κ3) is 3.97. The van der Waals surface area contributed by atoms with Gasteiger partial charge in [0.05, 0.1) is 0 Å². The Morgan fingerprint density at radius 1 is 1.17 bits per heavy atom. The highest BCUT2D eigenvalue weighted by Crippen LogP contribution is 2.40. The molecule has 29 heavy (non-hydrogen) atoms. The van der Waals surface area contributed by atoms with E-state index in [0.717, 1.165) is 21.2 Å². The first-order chi connectivity index (χ1) is 13.6. The van der Waals surface area contributed by atoms with Gasteiger partial charge in [0.25, 0.3) is 0 Å². The second-order valence-corrected chi connectivity index (χ2v) is 8.63. The number of hydrogen-bond acceptors (Lipinski definition) is 4. The van der Waals surface area contributed by atoms with E-state index in [-0.39, 0.29) is 12.8 Å². The van der Waals surface area contributed by atoms with Crippen molar-refractivity contribution < 1.29 is 24.2 Å². The molecule has 6 heteroatoms. The Morgan fingerprint density at radius 2 is 1.83 bits per heavy atom. The maximum atomic E-state index is 13.1. The average molecular weight is 397 g/mol. The van der Waals surface area contributed by atoms with Crippen molar-refractivity contribution in [1.29, 1.82) is 0 Å². The summed E-state index contributed by atoms with van der Waals surface area (Å²) < 4.78 is 5.36. The van der Waals surface area contributed by atoms with Crippen LogP contribution in [0.3, 0.4) is 0 Å². The van der Waals surface area contributed by atoms with Crippen molar-refractivity contribution >= 4 is 28.7 Å². The van der Waals surface area contributed by atoms with Gasteiger partial charge in [-0.2, -0.15) is 0 Å². The molecule has 0 aliphatic carbocycles. The van der Waals surface area contributed by atoms with E-state index in [9.17, 15) is 19.5 Å². The van der Waals surface area contributed by atoms with Gasteiger partial charge in [-0.1, -0.05) is 49.4 Å². The molecule has 2 amide bonds. The predicted molar refractivity (Wildman–Crippen MR) is 109 cm³/mol. The summed E-state index contributed by atoms with van der Waals surface area (Å²) in [5, 5.41) is 12.1. The molecule has 0 unspecified atom stereocenters. The van der Waals surface area contributed by atoms with Crippen molar-refractivity contribution in [2.45, 2.75) is 58.1 Å². The summed E-state index contributed by atoms with van der Waals surface area (Å²) in [4.78, 5) is 38.9. The molecular formula is C23H27NO5. The van der Waals surface area contributed by atoms with Crippen molar-refractivity contribution in [3.05, 3.63) is 48.0 Å². The normalized spacial score (nSPS) is 22.1. The fourth-order valence-corrected chi connectivity index (χ4v) is 4.00. The minimum atomic E-state index is -1.58. The molecular weight excluding hydrogens is 370 g/mol. The maximum absolute atomic E-state index is 13.1. The van der Waals surface area contributed by atoms with Crippen LogP contribution in [0.15, 0.2) is 42.5 Å². The second-order valence-electron chi connectivity index (χ2n) is 8.63. The van der Waals surface area contributed by atoms with Gasteiger partial charge in [-0.05, 0) is 56.4 Å². The summed E-state index contributed by atoms with van der Waals surface area (Å²) in [6, 6.07) is 13.9. The summed E-state index contributed by atoms with van der Waals surface area (Å²) in [6.07, 6.45) is -0.323. The van der Waals surface area contributed by atoms with E-state index in [2.05, 4.69) is 0 Å². The van der Waals surface area contributed by atoms with Crippen molar-refractivity contribution in [3.8, 4) is 0 Å². The highest BCUT2D eigenvalue weighted by Gasteiger charge is 2.58. The smallest absolute Gasteiger partial charge is 0.418 e. The lowest BCUT2D eigenvalue weighted by Gasteiger charge is -2.33. The van der Waals surface area contributed by atoms with Crippen molar-refractivity contribution in [1.82, 2.24) is 4.90 Å². The van der Waals surface area contributed by atoms with Gasteiger partial charge in [0, 0.05) is 5.92 Å². The van der Waals surface area contributed by atoms with E-state index in [1.807, 2.05) is 42.5 Å². The molecule has 1 heterocycles. The molecule has 0 saturated carbocycles. The zero-order chi connectivity index (χ0) is 21.4. The molecule has 0 aromatic heterocycles. The maximum Gasteiger partial charge on any atom is 0.418 e. The molecule has 1 N–H and O–H groups in total. The lowest BCUT2D eigenvalue weighted by Crippen LogP contribution is -2.55. The number of likely N-dealkylation sites (tertiary alicyclic amines) is 1. The van der Waals surface area contributed by atoms with Crippen LogP contribution in [0.1, 0.15) is 46.1 Å². The molecule has 2 atom stereocenters. The number of aliphatic carboxylic acids is 1. The second kappa shape index (κ2) is 7.50. The Labute approximate surface area is 170 Å².